The third kappa shape index (κ3) is 2.45. The quantitative estimate of drug-likeness (QED) is 0.816. The second-order valence-electron chi connectivity index (χ2n) is 3.64. The van der Waals surface area contributed by atoms with Gasteiger partial charge in [0.1, 0.15) is 23.8 Å². The van der Waals surface area contributed by atoms with Crippen molar-refractivity contribution in [3.63, 3.8) is 0 Å². The number of aromatic nitrogens is 3. The number of halogens is 3. The summed E-state index contributed by atoms with van der Waals surface area (Å²) in [6, 6.07) is 2.10. The molecule has 0 spiro atoms. The predicted molar refractivity (Wildman–Crippen MR) is 63.1 cm³/mol. The van der Waals surface area contributed by atoms with Crippen molar-refractivity contribution >= 4 is 21.7 Å². The Morgan fingerprint density at radius 3 is 2.50 bits per heavy atom. The molecule has 0 atom stereocenters. The van der Waals surface area contributed by atoms with E-state index in [-0.39, 0.29) is 10.9 Å². The molecule has 0 fully saturated rings. The van der Waals surface area contributed by atoms with Crippen LogP contribution in [-0.2, 0) is 13.5 Å². The van der Waals surface area contributed by atoms with E-state index in [4.69, 9.17) is 0 Å². The topological polar surface area (TPSA) is 47.8 Å². The zero-order valence-electron chi connectivity index (χ0n) is 9.32. The van der Waals surface area contributed by atoms with Crippen LogP contribution in [0, 0.1) is 11.6 Å². The molecule has 0 bridgehead atoms. The van der Waals surface area contributed by atoms with E-state index < -0.39 is 23.0 Å². The molecule has 1 aromatic heterocycles. The van der Waals surface area contributed by atoms with Crippen molar-refractivity contribution < 1.29 is 13.6 Å². The summed E-state index contributed by atoms with van der Waals surface area (Å²) in [6.45, 7) is 0. The molecule has 0 aliphatic heterocycles. The zero-order valence-corrected chi connectivity index (χ0v) is 10.9. The Morgan fingerprint density at radius 1 is 1.39 bits per heavy atom. The number of Topliss-reactive ketones (excluding diaryl/α,β-unsaturated/α-hetero) is 1. The standard InChI is InChI=1S/C11H8BrF2N3O/c1-17-10(15-5-16-17)4-9(18)11-7(13)2-6(12)3-8(11)14/h2-3,5H,4H2,1H3. The lowest BCUT2D eigenvalue weighted by Gasteiger charge is -2.04. The number of rotatable bonds is 3. The van der Waals surface area contributed by atoms with Crippen LogP contribution in [0.5, 0.6) is 0 Å². The summed E-state index contributed by atoms with van der Waals surface area (Å²) in [5.74, 6) is -2.11. The van der Waals surface area contributed by atoms with Crippen LogP contribution in [0.25, 0.3) is 0 Å². The van der Waals surface area contributed by atoms with Crippen molar-refractivity contribution in [1.29, 1.82) is 0 Å². The van der Waals surface area contributed by atoms with Gasteiger partial charge in [-0.2, -0.15) is 5.10 Å². The van der Waals surface area contributed by atoms with Crippen LogP contribution in [0.3, 0.4) is 0 Å². The number of carbonyl (C=O) groups excluding carboxylic acids is 1. The van der Waals surface area contributed by atoms with E-state index in [2.05, 4.69) is 26.0 Å². The predicted octanol–water partition coefficient (Wildman–Crippen LogP) is 2.28. The Hall–Kier alpha value is -1.63. The molecule has 0 saturated carbocycles. The van der Waals surface area contributed by atoms with Gasteiger partial charge in [0.2, 0.25) is 0 Å². The number of aryl methyl sites for hydroxylation is 1. The molecule has 0 aliphatic carbocycles. The highest BCUT2D eigenvalue weighted by atomic mass is 79.9. The first kappa shape index (κ1) is 12.8. The third-order valence-corrected chi connectivity index (χ3v) is 2.87. The first-order chi connectivity index (χ1) is 8.49. The molecule has 2 aromatic rings. The van der Waals surface area contributed by atoms with Crippen LogP contribution in [0.4, 0.5) is 8.78 Å². The molecule has 0 amide bonds. The highest BCUT2D eigenvalue weighted by Gasteiger charge is 2.20. The van der Waals surface area contributed by atoms with Crippen LogP contribution in [0.15, 0.2) is 22.9 Å². The Kier molecular flexibility index (Phi) is 3.51. The molecule has 0 saturated heterocycles. The van der Waals surface area contributed by atoms with E-state index in [9.17, 15) is 13.6 Å². The molecule has 1 heterocycles. The normalized spacial score (nSPS) is 10.7. The summed E-state index contributed by atoms with van der Waals surface area (Å²) in [4.78, 5) is 15.7. The van der Waals surface area contributed by atoms with Gasteiger partial charge in [0.05, 0.1) is 12.0 Å². The number of hydrogen-bond donors (Lipinski definition) is 0. The molecule has 7 heteroatoms. The molecule has 2 rings (SSSR count). The Balaban J connectivity index is 2.33. The summed E-state index contributed by atoms with van der Waals surface area (Å²) < 4.78 is 28.7. The maximum absolute atomic E-state index is 13.6. The number of ketones is 1. The lowest BCUT2D eigenvalue weighted by atomic mass is 10.1. The average Bonchev–Trinajstić information content (AvgIpc) is 2.62. The van der Waals surface area contributed by atoms with Crippen LogP contribution in [0.2, 0.25) is 0 Å². The molecule has 4 nitrogen and oxygen atoms in total. The van der Waals surface area contributed by atoms with Crippen molar-refractivity contribution in [3.8, 4) is 0 Å². The third-order valence-electron chi connectivity index (χ3n) is 2.41. The van der Waals surface area contributed by atoms with E-state index >= 15 is 0 Å². The second kappa shape index (κ2) is 4.93. The number of hydrogen-bond acceptors (Lipinski definition) is 3. The van der Waals surface area contributed by atoms with Crippen molar-refractivity contribution in [2.45, 2.75) is 6.42 Å². The van der Waals surface area contributed by atoms with Gasteiger partial charge in [-0.15, -0.1) is 0 Å². The van der Waals surface area contributed by atoms with Crippen LogP contribution < -0.4 is 0 Å². The minimum atomic E-state index is -0.894. The van der Waals surface area contributed by atoms with Crippen LogP contribution in [-0.4, -0.2) is 20.5 Å². The monoisotopic (exact) mass is 315 g/mol. The second-order valence-corrected chi connectivity index (χ2v) is 4.56. The van der Waals surface area contributed by atoms with Gasteiger partial charge in [0.15, 0.2) is 5.78 Å². The molecular weight excluding hydrogens is 308 g/mol. The summed E-state index contributed by atoms with van der Waals surface area (Å²) in [5.41, 5.74) is -0.554. The fourth-order valence-electron chi connectivity index (χ4n) is 1.52. The first-order valence-electron chi connectivity index (χ1n) is 4.99. The molecule has 94 valence electrons. The zero-order chi connectivity index (χ0) is 13.3. The molecule has 18 heavy (non-hydrogen) atoms. The van der Waals surface area contributed by atoms with Gasteiger partial charge in [-0.3, -0.25) is 9.48 Å². The molecule has 0 unspecified atom stereocenters. The summed E-state index contributed by atoms with van der Waals surface area (Å²) in [5, 5.41) is 3.78. The highest BCUT2D eigenvalue weighted by Crippen LogP contribution is 2.20. The van der Waals surface area contributed by atoms with Crippen molar-refractivity contribution in [2.75, 3.05) is 0 Å². The summed E-state index contributed by atoms with van der Waals surface area (Å²) >= 11 is 2.95. The van der Waals surface area contributed by atoms with Crippen molar-refractivity contribution in [1.82, 2.24) is 14.8 Å². The van der Waals surface area contributed by atoms with Crippen molar-refractivity contribution in [3.05, 3.63) is 46.0 Å². The van der Waals surface area contributed by atoms with Gasteiger partial charge in [-0.1, -0.05) is 15.9 Å². The number of benzene rings is 1. The molecule has 0 N–H and O–H groups in total. The number of carbonyl (C=O) groups is 1. The van der Waals surface area contributed by atoms with E-state index in [0.29, 0.717) is 5.82 Å². The highest BCUT2D eigenvalue weighted by molar-refractivity contribution is 9.10. The fraction of sp³-hybridized carbons (Fsp3) is 0.182. The van der Waals surface area contributed by atoms with Crippen LogP contribution >= 0.6 is 15.9 Å². The van der Waals surface area contributed by atoms with Gasteiger partial charge < -0.3 is 0 Å². The smallest absolute Gasteiger partial charge is 0.176 e. The molecule has 0 radical (unpaired) electrons. The first-order valence-corrected chi connectivity index (χ1v) is 5.79. The maximum Gasteiger partial charge on any atom is 0.176 e. The van der Waals surface area contributed by atoms with Crippen molar-refractivity contribution in [2.24, 2.45) is 7.05 Å². The average molecular weight is 316 g/mol. The Morgan fingerprint density at radius 2 is 2.00 bits per heavy atom. The lowest BCUT2D eigenvalue weighted by Crippen LogP contribution is -2.12. The van der Waals surface area contributed by atoms with Gasteiger partial charge >= 0.3 is 0 Å². The molecular formula is C11H8BrF2N3O. The van der Waals surface area contributed by atoms with E-state index in [1.165, 1.54) is 11.0 Å². The minimum Gasteiger partial charge on any atom is -0.293 e. The Labute approximate surface area is 110 Å². The summed E-state index contributed by atoms with van der Waals surface area (Å²) in [7, 11) is 1.60. The van der Waals surface area contributed by atoms with E-state index in [1.54, 1.807) is 7.05 Å². The lowest BCUT2D eigenvalue weighted by molar-refractivity contribution is 0.0981. The van der Waals surface area contributed by atoms with Gasteiger partial charge in [0, 0.05) is 11.5 Å². The number of nitrogens with zero attached hydrogens (tertiary/aromatic N) is 3. The Bertz CT molecular complexity index is 589. The molecule has 1 aromatic carbocycles. The van der Waals surface area contributed by atoms with E-state index in [0.717, 1.165) is 12.1 Å². The van der Waals surface area contributed by atoms with Gasteiger partial charge in [0.25, 0.3) is 0 Å². The van der Waals surface area contributed by atoms with Gasteiger partial charge in [-0.25, -0.2) is 13.8 Å². The summed E-state index contributed by atoms with van der Waals surface area (Å²) in [6.07, 6.45) is 1.07. The van der Waals surface area contributed by atoms with Gasteiger partial charge in [-0.05, 0) is 12.1 Å². The van der Waals surface area contributed by atoms with E-state index in [1.807, 2.05) is 0 Å². The van der Waals surface area contributed by atoms with Crippen LogP contribution in [0.1, 0.15) is 16.2 Å². The largest absolute Gasteiger partial charge is 0.293 e. The molecule has 0 aliphatic rings. The SMILES string of the molecule is Cn1ncnc1CC(=O)c1c(F)cc(Br)cc1F. The maximum atomic E-state index is 13.6. The minimum absolute atomic E-state index is 0.202. The fourth-order valence-corrected chi connectivity index (χ4v) is 1.92.